The van der Waals surface area contributed by atoms with Crippen LogP contribution in [0, 0.1) is 0 Å². The predicted octanol–water partition coefficient (Wildman–Crippen LogP) is 1.41. The van der Waals surface area contributed by atoms with Crippen LogP contribution in [0.5, 0.6) is 0 Å². The zero-order valence-corrected chi connectivity index (χ0v) is 18.4. The van der Waals surface area contributed by atoms with Crippen LogP contribution in [0.4, 0.5) is 0 Å². The second kappa shape index (κ2) is 15.5. The van der Waals surface area contributed by atoms with E-state index in [2.05, 4.69) is 13.8 Å². The second-order valence-electron chi connectivity index (χ2n) is 3.67. The standard InChI is InChI=1S/2C5H11O.O.2Sn.4H/c2*1-2-3-4-5-6;;;;;;;/h2*2-5H2,1H3;;;;;;;/q2*-1;;2*+1;;;;. The monoisotopic (exact) mass is 434 g/mol. The summed E-state index contributed by atoms with van der Waals surface area (Å²) in [5.74, 6) is 0. The summed E-state index contributed by atoms with van der Waals surface area (Å²) >= 11 is -2.54. The summed E-state index contributed by atoms with van der Waals surface area (Å²) in [5, 5.41) is 0. The second-order valence-corrected chi connectivity index (χ2v) is 16.3. The van der Waals surface area contributed by atoms with Crippen LogP contribution in [0.2, 0.25) is 0 Å². The molecule has 0 saturated carbocycles. The van der Waals surface area contributed by atoms with E-state index in [1.165, 1.54) is 38.5 Å². The Hall–Kier alpha value is 1.48. The molecule has 0 atom stereocenters. The summed E-state index contributed by atoms with van der Waals surface area (Å²) in [6, 6.07) is 0. The van der Waals surface area contributed by atoms with Crippen LogP contribution in [0.1, 0.15) is 52.4 Å². The summed E-state index contributed by atoms with van der Waals surface area (Å²) in [5.41, 5.74) is 0. The van der Waals surface area contributed by atoms with Crippen molar-refractivity contribution in [3.05, 3.63) is 0 Å². The first kappa shape index (κ1) is 16.5. The molecule has 0 amide bonds. The summed E-state index contributed by atoms with van der Waals surface area (Å²) in [6.45, 7) is 6.26. The first-order valence-corrected chi connectivity index (χ1v) is 12.7. The van der Waals surface area contributed by atoms with E-state index in [4.69, 9.17) is 7.56 Å². The van der Waals surface area contributed by atoms with Gasteiger partial charge in [-0.3, -0.25) is 0 Å². The van der Waals surface area contributed by atoms with E-state index in [-0.39, 0.29) is 0 Å². The van der Waals surface area contributed by atoms with Crippen molar-refractivity contribution < 1.29 is 7.56 Å². The molecule has 0 spiro atoms. The van der Waals surface area contributed by atoms with Gasteiger partial charge in [-0.1, -0.05) is 0 Å². The van der Waals surface area contributed by atoms with E-state index in [1.807, 2.05) is 0 Å². The van der Waals surface area contributed by atoms with Crippen LogP contribution >= 0.6 is 0 Å². The Labute approximate surface area is 116 Å². The third-order valence-electron chi connectivity index (χ3n) is 2.12. The number of hydrogen-bond donors (Lipinski definition) is 0. The molecule has 0 bridgehead atoms. The molecular formula is C10H26O3Sn2. The van der Waals surface area contributed by atoms with Crippen LogP contribution < -0.4 is 0 Å². The molecule has 0 aliphatic rings. The van der Waals surface area contributed by atoms with Gasteiger partial charge in [-0.25, -0.2) is 0 Å². The van der Waals surface area contributed by atoms with Crippen molar-refractivity contribution in [2.75, 3.05) is 13.2 Å². The Kier molecular flexibility index (Phi) is 17.0. The van der Waals surface area contributed by atoms with E-state index in [9.17, 15) is 0 Å². The maximum absolute atomic E-state index is 5.57. The molecule has 92 valence electrons. The molecule has 0 heterocycles. The van der Waals surface area contributed by atoms with Gasteiger partial charge in [0.1, 0.15) is 0 Å². The zero-order chi connectivity index (χ0) is 11.2. The van der Waals surface area contributed by atoms with Crippen molar-refractivity contribution in [3.8, 4) is 0 Å². The van der Waals surface area contributed by atoms with Gasteiger partial charge >= 0.3 is 117 Å². The van der Waals surface area contributed by atoms with Crippen LogP contribution in [0.15, 0.2) is 0 Å². The Morgan fingerprint density at radius 3 is 1.60 bits per heavy atom. The quantitative estimate of drug-likeness (QED) is 0.345. The number of unbranched alkanes of at least 4 members (excludes halogenated alkanes) is 4. The molecule has 0 aromatic rings. The number of hydrogen-bond acceptors (Lipinski definition) is 3. The Morgan fingerprint density at radius 2 is 1.20 bits per heavy atom. The van der Waals surface area contributed by atoms with E-state index in [0.29, 0.717) is 0 Å². The van der Waals surface area contributed by atoms with Gasteiger partial charge in [0, 0.05) is 0 Å². The van der Waals surface area contributed by atoms with Gasteiger partial charge in [0.2, 0.25) is 0 Å². The Morgan fingerprint density at radius 1 is 0.733 bits per heavy atom. The summed E-state index contributed by atoms with van der Waals surface area (Å²) < 4.78 is 16.6. The van der Waals surface area contributed by atoms with Crippen LogP contribution in [-0.4, -0.2) is 57.2 Å². The average molecular weight is 432 g/mol. The van der Waals surface area contributed by atoms with Crippen molar-refractivity contribution in [1.82, 2.24) is 0 Å². The SMILES string of the molecule is CCCCC[O][SnH2][O][SnH2][O]CCCCC. The van der Waals surface area contributed by atoms with Crippen LogP contribution in [0.3, 0.4) is 0 Å². The normalized spacial score (nSPS) is 12.4. The fourth-order valence-corrected chi connectivity index (χ4v) is 9.70. The van der Waals surface area contributed by atoms with E-state index < -0.39 is 43.9 Å². The summed E-state index contributed by atoms with van der Waals surface area (Å²) in [4.78, 5) is 0. The summed E-state index contributed by atoms with van der Waals surface area (Å²) in [6.07, 6.45) is 7.48. The first-order valence-electron chi connectivity index (χ1n) is 6.15. The predicted molar refractivity (Wildman–Crippen MR) is 69.1 cm³/mol. The van der Waals surface area contributed by atoms with Gasteiger partial charge in [0.15, 0.2) is 0 Å². The third-order valence-corrected chi connectivity index (χ3v) is 12.1. The Bertz CT molecular complexity index is 103. The van der Waals surface area contributed by atoms with Crippen molar-refractivity contribution in [3.63, 3.8) is 0 Å². The van der Waals surface area contributed by atoms with E-state index in [0.717, 1.165) is 13.2 Å². The summed E-state index contributed by atoms with van der Waals surface area (Å²) in [7, 11) is 0. The van der Waals surface area contributed by atoms with Crippen LogP contribution in [-0.2, 0) is 7.56 Å². The van der Waals surface area contributed by atoms with E-state index in [1.54, 1.807) is 0 Å². The molecular weight excluding hydrogens is 406 g/mol. The van der Waals surface area contributed by atoms with Crippen LogP contribution in [0.25, 0.3) is 0 Å². The first-order chi connectivity index (χ1) is 7.41. The number of rotatable bonds is 12. The third kappa shape index (κ3) is 15.5. The van der Waals surface area contributed by atoms with Crippen molar-refractivity contribution in [2.24, 2.45) is 0 Å². The fourth-order valence-electron chi connectivity index (χ4n) is 1.18. The molecule has 0 fully saturated rings. The molecule has 0 radical (unpaired) electrons. The minimum absolute atomic E-state index is 0.922. The molecule has 0 aromatic heterocycles. The fraction of sp³-hybridized carbons (Fsp3) is 1.00. The van der Waals surface area contributed by atoms with Gasteiger partial charge in [-0.15, -0.1) is 0 Å². The maximum atomic E-state index is 5.57. The minimum atomic E-state index is -1.27. The topological polar surface area (TPSA) is 27.7 Å². The zero-order valence-electron chi connectivity index (χ0n) is 10.3. The molecule has 0 unspecified atom stereocenters. The average Bonchev–Trinajstić information content (AvgIpc) is 2.26. The van der Waals surface area contributed by atoms with Gasteiger partial charge in [-0.05, 0) is 0 Å². The Balaban J connectivity index is 2.81. The van der Waals surface area contributed by atoms with Gasteiger partial charge < -0.3 is 0 Å². The molecule has 5 heteroatoms. The molecule has 0 saturated heterocycles. The molecule has 0 N–H and O–H groups in total. The molecule has 0 aliphatic heterocycles. The van der Waals surface area contributed by atoms with Gasteiger partial charge in [0.25, 0.3) is 0 Å². The van der Waals surface area contributed by atoms with Gasteiger partial charge in [0.05, 0.1) is 0 Å². The molecule has 0 aromatic carbocycles. The molecule has 15 heavy (non-hydrogen) atoms. The van der Waals surface area contributed by atoms with Crippen molar-refractivity contribution >= 4 is 43.9 Å². The van der Waals surface area contributed by atoms with Crippen molar-refractivity contribution in [2.45, 2.75) is 52.4 Å². The van der Waals surface area contributed by atoms with Gasteiger partial charge in [-0.2, -0.15) is 0 Å². The van der Waals surface area contributed by atoms with E-state index >= 15 is 0 Å². The van der Waals surface area contributed by atoms with Crippen molar-refractivity contribution in [1.29, 1.82) is 0 Å². The molecule has 3 nitrogen and oxygen atoms in total. The molecule has 0 aliphatic carbocycles. The molecule has 0 rings (SSSR count).